The number of rotatable bonds is 4. The van der Waals surface area contributed by atoms with Crippen molar-refractivity contribution < 1.29 is 9.47 Å². The van der Waals surface area contributed by atoms with Crippen molar-refractivity contribution in [2.45, 2.75) is 18.3 Å². The van der Waals surface area contributed by atoms with Gasteiger partial charge < -0.3 is 14.4 Å². The van der Waals surface area contributed by atoms with Crippen LogP contribution in [0.3, 0.4) is 0 Å². The van der Waals surface area contributed by atoms with Crippen LogP contribution in [0, 0.1) is 11.3 Å². The Morgan fingerprint density at radius 3 is 2.21 bits per heavy atom. The van der Waals surface area contributed by atoms with Crippen molar-refractivity contribution in [2.24, 2.45) is 0 Å². The highest BCUT2D eigenvalue weighted by Crippen LogP contribution is 2.39. The Balaban J connectivity index is 1.80. The number of piperidine rings is 1. The number of hydrogen-bond acceptors (Lipinski definition) is 4. The highest BCUT2D eigenvalue weighted by atomic mass is 16.5. The summed E-state index contributed by atoms with van der Waals surface area (Å²) < 4.78 is 10.7. The first kappa shape index (κ1) is 16.2. The number of methoxy groups -OCH3 is 2. The summed E-state index contributed by atoms with van der Waals surface area (Å²) in [6, 6.07) is 18.5. The zero-order valence-corrected chi connectivity index (χ0v) is 14.2. The fourth-order valence-electron chi connectivity index (χ4n) is 3.40. The van der Waals surface area contributed by atoms with Gasteiger partial charge in [-0.15, -0.1) is 0 Å². The molecule has 4 heteroatoms. The van der Waals surface area contributed by atoms with Crippen molar-refractivity contribution in [1.29, 1.82) is 5.26 Å². The SMILES string of the molecule is COc1ccc(C2(C#N)CCN(c3ccccc3OC)CC2)cc1. The number of para-hydroxylation sites is 2. The molecule has 124 valence electrons. The molecule has 1 saturated heterocycles. The molecule has 0 saturated carbocycles. The summed E-state index contributed by atoms with van der Waals surface area (Å²) in [5.41, 5.74) is 1.75. The van der Waals surface area contributed by atoms with E-state index in [0.29, 0.717) is 0 Å². The summed E-state index contributed by atoms with van der Waals surface area (Å²) in [5, 5.41) is 9.85. The van der Waals surface area contributed by atoms with Crippen LogP contribution in [0.25, 0.3) is 0 Å². The molecule has 0 aliphatic carbocycles. The van der Waals surface area contributed by atoms with Crippen LogP contribution >= 0.6 is 0 Å². The van der Waals surface area contributed by atoms with Crippen LogP contribution < -0.4 is 14.4 Å². The molecule has 0 N–H and O–H groups in total. The number of benzene rings is 2. The molecular weight excluding hydrogens is 300 g/mol. The van der Waals surface area contributed by atoms with Gasteiger partial charge in [-0.05, 0) is 42.7 Å². The largest absolute Gasteiger partial charge is 0.497 e. The molecule has 2 aromatic carbocycles. The van der Waals surface area contributed by atoms with Gasteiger partial charge in [0.05, 0.1) is 31.4 Å². The van der Waals surface area contributed by atoms with E-state index in [1.807, 2.05) is 42.5 Å². The number of nitriles is 1. The second kappa shape index (κ2) is 6.84. The van der Waals surface area contributed by atoms with Gasteiger partial charge in [0.15, 0.2) is 0 Å². The molecule has 0 aromatic heterocycles. The Kier molecular flexibility index (Phi) is 4.61. The van der Waals surface area contributed by atoms with Crippen LogP contribution in [0.5, 0.6) is 11.5 Å². The molecule has 3 rings (SSSR count). The Morgan fingerprint density at radius 1 is 0.958 bits per heavy atom. The van der Waals surface area contributed by atoms with Gasteiger partial charge in [-0.2, -0.15) is 5.26 Å². The molecule has 24 heavy (non-hydrogen) atoms. The first-order chi connectivity index (χ1) is 11.7. The standard InChI is InChI=1S/C20H22N2O2/c1-23-17-9-7-16(8-10-17)20(15-21)11-13-22(14-12-20)18-5-3-4-6-19(18)24-2/h3-10H,11-14H2,1-2H3. The van der Waals surface area contributed by atoms with E-state index in [1.165, 1.54) is 0 Å². The molecule has 0 spiro atoms. The third-order valence-corrected chi connectivity index (χ3v) is 4.90. The maximum absolute atomic E-state index is 9.85. The van der Waals surface area contributed by atoms with Gasteiger partial charge in [0, 0.05) is 13.1 Å². The van der Waals surface area contributed by atoms with E-state index in [9.17, 15) is 5.26 Å². The van der Waals surface area contributed by atoms with Crippen molar-refractivity contribution in [3.05, 3.63) is 54.1 Å². The topological polar surface area (TPSA) is 45.5 Å². The van der Waals surface area contributed by atoms with Crippen LogP contribution in [0.15, 0.2) is 48.5 Å². The minimum atomic E-state index is -0.426. The maximum atomic E-state index is 9.85. The summed E-state index contributed by atoms with van der Waals surface area (Å²) >= 11 is 0. The third kappa shape index (κ3) is 2.90. The molecule has 0 unspecified atom stereocenters. The zero-order valence-electron chi connectivity index (χ0n) is 14.2. The van der Waals surface area contributed by atoms with Crippen LogP contribution in [0.1, 0.15) is 18.4 Å². The molecule has 1 aliphatic rings. The molecule has 4 nitrogen and oxygen atoms in total. The summed E-state index contributed by atoms with van der Waals surface area (Å²) in [4.78, 5) is 2.30. The summed E-state index contributed by atoms with van der Waals surface area (Å²) in [6.07, 6.45) is 1.60. The smallest absolute Gasteiger partial charge is 0.142 e. The lowest BCUT2D eigenvalue weighted by Crippen LogP contribution is -2.42. The van der Waals surface area contributed by atoms with Crippen molar-refractivity contribution in [1.82, 2.24) is 0 Å². The fraction of sp³-hybridized carbons (Fsp3) is 0.350. The average Bonchev–Trinajstić information content (AvgIpc) is 2.68. The van der Waals surface area contributed by atoms with Crippen LogP contribution in [0.4, 0.5) is 5.69 Å². The lowest BCUT2D eigenvalue weighted by molar-refractivity contribution is 0.395. The Hall–Kier alpha value is -2.67. The molecule has 0 bridgehead atoms. The van der Waals surface area contributed by atoms with E-state index in [2.05, 4.69) is 17.0 Å². The predicted octanol–water partition coefficient (Wildman–Crippen LogP) is 3.77. The van der Waals surface area contributed by atoms with E-state index in [-0.39, 0.29) is 0 Å². The van der Waals surface area contributed by atoms with E-state index in [0.717, 1.165) is 48.7 Å². The molecule has 1 fully saturated rings. The lowest BCUT2D eigenvalue weighted by atomic mass is 9.74. The average molecular weight is 322 g/mol. The highest BCUT2D eigenvalue weighted by molar-refractivity contribution is 5.59. The normalized spacial score (nSPS) is 16.3. The van der Waals surface area contributed by atoms with Crippen LogP contribution in [-0.4, -0.2) is 27.3 Å². The second-order valence-electron chi connectivity index (χ2n) is 6.08. The van der Waals surface area contributed by atoms with E-state index in [1.54, 1.807) is 14.2 Å². The van der Waals surface area contributed by atoms with Crippen molar-refractivity contribution in [3.63, 3.8) is 0 Å². The monoisotopic (exact) mass is 322 g/mol. The van der Waals surface area contributed by atoms with Gasteiger partial charge in [0.25, 0.3) is 0 Å². The zero-order chi connectivity index (χ0) is 17.0. The molecule has 0 radical (unpaired) electrons. The molecule has 0 atom stereocenters. The summed E-state index contributed by atoms with van der Waals surface area (Å²) in [6.45, 7) is 1.67. The first-order valence-corrected chi connectivity index (χ1v) is 8.16. The van der Waals surface area contributed by atoms with Gasteiger partial charge in [-0.1, -0.05) is 24.3 Å². The minimum absolute atomic E-state index is 0.426. The van der Waals surface area contributed by atoms with Gasteiger partial charge in [0.1, 0.15) is 11.5 Å². The van der Waals surface area contributed by atoms with Crippen molar-refractivity contribution in [3.8, 4) is 17.6 Å². The van der Waals surface area contributed by atoms with E-state index < -0.39 is 5.41 Å². The van der Waals surface area contributed by atoms with Gasteiger partial charge in [-0.25, -0.2) is 0 Å². The number of nitrogens with zero attached hydrogens (tertiary/aromatic N) is 2. The summed E-state index contributed by atoms with van der Waals surface area (Å²) in [7, 11) is 3.35. The molecule has 0 amide bonds. The molecular formula is C20H22N2O2. The maximum Gasteiger partial charge on any atom is 0.142 e. The predicted molar refractivity (Wildman–Crippen MR) is 94.7 cm³/mol. The minimum Gasteiger partial charge on any atom is -0.497 e. The third-order valence-electron chi connectivity index (χ3n) is 4.90. The van der Waals surface area contributed by atoms with Crippen LogP contribution in [0.2, 0.25) is 0 Å². The van der Waals surface area contributed by atoms with Crippen LogP contribution in [-0.2, 0) is 5.41 Å². The Bertz CT molecular complexity index is 726. The first-order valence-electron chi connectivity index (χ1n) is 8.16. The highest BCUT2D eigenvalue weighted by Gasteiger charge is 2.37. The molecule has 2 aromatic rings. The molecule has 1 heterocycles. The number of anilines is 1. The van der Waals surface area contributed by atoms with Gasteiger partial charge in [0.2, 0.25) is 0 Å². The Labute approximate surface area is 143 Å². The number of ether oxygens (including phenoxy) is 2. The Morgan fingerprint density at radius 2 is 1.62 bits per heavy atom. The lowest BCUT2D eigenvalue weighted by Gasteiger charge is -2.39. The number of hydrogen-bond donors (Lipinski definition) is 0. The van der Waals surface area contributed by atoms with Crippen molar-refractivity contribution in [2.75, 3.05) is 32.2 Å². The second-order valence-corrected chi connectivity index (χ2v) is 6.08. The van der Waals surface area contributed by atoms with Gasteiger partial charge >= 0.3 is 0 Å². The van der Waals surface area contributed by atoms with Gasteiger partial charge in [-0.3, -0.25) is 0 Å². The summed E-state index contributed by atoms with van der Waals surface area (Å²) in [5.74, 6) is 1.70. The quantitative estimate of drug-likeness (QED) is 0.859. The fourth-order valence-corrected chi connectivity index (χ4v) is 3.40. The molecule has 1 aliphatic heterocycles. The van der Waals surface area contributed by atoms with E-state index in [4.69, 9.17) is 9.47 Å². The van der Waals surface area contributed by atoms with Crippen molar-refractivity contribution >= 4 is 5.69 Å². The van der Waals surface area contributed by atoms with E-state index >= 15 is 0 Å².